The number of benzene rings is 1. The van der Waals surface area contributed by atoms with Crippen molar-refractivity contribution in [1.82, 2.24) is 0 Å². The van der Waals surface area contributed by atoms with E-state index < -0.39 is 0 Å². The zero-order valence-electron chi connectivity index (χ0n) is 10.6. The van der Waals surface area contributed by atoms with Gasteiger partial charge in [0.25, 0.3) is 0 Å². The second-order valence-electron chi connectivity index (χ2n) is 5.29. The first-order chi connectivity index (χ1) is 8.83. The van der Waals surface area contributed by atoms with Gasteiger partial charge in [-0.3, -0.25) is 0 Å². The highest BCUT2D eigenvalue weighted by atomic mass is 16.6. The number of hydrogen-bond acceptors (Lipinski definition) is 3. The van der Waals surface area contributed by atoms with Crippen LogP contribution < -0.4 is 9.47 Å². The molecule has 3 heteroatoms. The molecule has 2 aliphatic rings. The summed E-state index contributed by atoms with van der Waals surface area (Å²) in [6, 6.07) is 6.14. The molecular formula is C15H20O3. The molecule has 0 bridgehead atoms. The Morgan fingerprint density at radius 1 is 1.06 bits per heavy atom. The van der Waals surface area contributed by atoms with Crippen LogP contribution in [0.1, 0.15) is 31.2 Å². The third-order valence-electron chi connectivity index (χ3n) is 3.97. The fourth-order valence-corrected chi connectivity index (χ4v) is 2.94. The minimum Gasteiger partial charge on any atom is -0.486 e. The second kappa shape index (κ2) is 5.19. The predicted octanol–water partition coefficient (Wildman–Crippen LogP) is 2.55. The van der Waals surface area contributed by atoms with Gasteiger partial charge in [-0.1, -0.05) is 18.9 Å². The molecule has 1 N–H and O–H groups in total. The van der Waals surface area contributed by atoms with Gasteiger partial charge in [0.15, 0.2) is 11.5 Å². The van der Waals surface area contributed by atoms with E-state index >= 15 is 0 Å². The monoisotopic (exact) mass is 248 g/mol. The van der Waals surface area contributed by atoms with E-state index in [0.29, 0.717) is 19.1 Å². The fourth-order valence-electron chi connectivity index (χ4n) is 2.94. The maximum absolute atomic E-state index is 10.0. The SMILES string of the molecule is OC1CCCCC1Cc1ccc2c(c1)OCCO2. The van der Waals surface area contributed by atoms with Gasteiger partial charge in [0.05, 0.1) is 6.10 Å². The van der Waals surface area contributed by atoms with E-state index in [2.05, 4.69) is 12.1 Å². The van der Waals surface area contributed by atoms with Gasteiger partial charge < -0.3 is 14.6 Å². The topological polar surface area (TPSA) is 38.7 Å². The average Bonchev–Trinajstić information content (AvgIpc) is 2.41. The van der Waals surface area contributed by atoms with E-state index in [-0.39, 0.29) is 6.10 Å². The minimum absolute atomic E-state index is 0.132. The Kier molecular flexibility index (Phi) is 3.41. The standard InChI is InChI=1S/C15H20O3/c16-13-4-2-1-3-12(13)9-11-5-6-14-15(10-11)18-8-7-17-14/h5-6,10,12-13,16H,1-4,7-9H2. The molecular weight excluding hydrogens is 228 g/mol. The number of aliphatic hydroxyl groups excluding tert-OH is 1. The molecule has 2 unspecified atom stereocenters. The number of hydrogen-bond donors (Lipinski definition) is 1. The van der Waals surface area contributed by atoms with Crippen molar-refractivity contribution in [2.24, 2.45) is 5.92 Å². The van der Waals surface area contributed by atoms with E-state index in [1.165, 1.54) is 18.4 Å². The molecule has 3 nitrogen and oxygen atoms in total. The normalized spacial score (nSPS) is 26.9. The Morgan fingerprint density at radius 3 is 2.67 bits per heavy atom. The maximum atomic E-state index is 10.0. The Morgan fingerprint density at radius 2 is 1.83 bits per heavy atom. The van der Waals surface area contributed by atoms with Gasteiger partial charge in [-0.25, -0.2) is 0 Å². The zero-order chi connectivity index (χ0) is 12.4. The van der Waals surface area contributed by atoms with Crippen LogP contribution in [-0.4, -0.2) is 24.4 Å². The number of ether oxygens (including phenoxy) is 2. The van der Waals surface area contributed by atoms with Crippen LogP contribution in [0.5, 0.6) is 11.5 Å². The van der Waals surface area contributed by atoms with Gasteiger partial charge in [-0.05, 0) is 42.9 Å². The lowest BCUT2D eigenvalue weighted by Crippen LogP contribution is -2.26. The van der Waals surface area contributed by atoms with Crippen molar-refractivity contribution in [3.63, 3.8) is 0 Å². The van der Waals surface area contributed by atoms with Crippen molar-refractivity contribution < 1.29 is 14.6 Å². The van der Waals surface area contributed by atoms with Gasteiger partial charge in [-0.2, -0.15) is 0 Å². The largest absolute Gasteiger partial charge is 0.486 e. The zero-order valence-corrected chi connectivity index (χ0v) is 10.6. The molecule has 0 radical (unpaired) electrons. The fraction of sp³-hybridized carbons (Fsp3) is 0.600. The number of fused-ring (bicyclic) bond motifs is 1. The molecule has 0 aromatic heterocycles. The third-order valence-corrected chi connectivity index (χ3v) is 3.97. The summed E-state index contributed by atoms with van der Waals surface area (Å²) >= 11 is 0. The molecule has 1 aromatic rings. The molecule has 1 saturated carbocycles. The molecule has 1 aliphatic heterocycles. The van der Waals surface area contributed by atoms with Crippen molar-refractivity contribution in [2.45, 2.75) is 38.2 Å². The van der Waals surface area contributed by atoms with Crippen molar-refractivity contribution >= 4 is 0 Å². The van der Waals surface area contributed by atoms with Crippen molar-refractivity contribution in [2.75, 3.05) is 13.2 Å². The van der Waals surface area contributed by atoms with Crippen LogP contribution in [0.25, 0.3) is 0 Å². The van der Waals surface area contributed by atoms with E-state index in [9.17, 15) is 5.11 Å². The van der Waals surface area contributed by atoms with Gasteiger partial charge in [0.2, 0.25) is 0 Å². The van der Waals surface area contributed by atoms with Gasteiger partial charge in [-0.15, -0.1) is 0 Å². The summed E-state index contributed by atoms with van der Waals surface area (Å²) in [6.45, 7) is 1.26. The highest BCUT2D eigenvalue weighted by molar-refractivity contribution is 5.43. The summed E-state index contributed by atoms with van der Waals surface area (Å²) in [5.41, 5.74) is 1.24. The Balaban J connectivity index is 1.72. The molecule has 2 atom stereocenters. The summed E-state index contributed by atoms with van der Waals surface area (Å²) in [4.78, 5) is 0. The van der Waals surface area contributed by atoms with Gasteiger partial charge >= 0.3 is 0 Å². The molecule has 0 saturated heterocycles. The lowest BCUT2D eigenvalue weighted by molar-refractivity contribution is 0.0699. The van der Waals surface area contributed by atoms with Crippen molar-refractivity contribution in [3.05, 3.63) is 23.8 Å². The van der Waals surface area contributed by atoms with Crippen LogP contribution in [0.4, 0.5) is 0 Å². The first-order valence-corrected chi connectivity index (χ1v) is 6.89. The van der Waals surface area contributed by atoms with E-state index in [1.807, 2.05) is 6.07 Å². The number of aliphatic hydroxyl groups is 1. The molecule has 0 amide bonds. The second-order valence-corrected chi connectivity index (χ2v) is 5.29. The minimum atomic E-state index is -0.132. The summed E-state index contributed by atoms with van der Waals surface area (Å²) < 4.78 is 11.1. The Labute approximate surface area is 108 Å². The number of rotatable bonds is 2. The third kappa shape index (κ3) is 2.46. The molecule has 1 heterocycles. The lowest BCUT2D eigenvalue weighted by atomic mass is 9.82. The lowest BCUT2D eigenvalue weighted by Gasteiger charge is -2.28. The molecule has 1 aliphatic carbocycles. The summed E-state index contributed by atoms with van der Waals surface area (Å²) in [6.07, 6.45) is 5.31. The average molecular weight is 248 g/mol. The van der Waals surface area contributed by atoms with Crippen LogP contribution in [-0.2, 0) is 6.42 Å². The Hall–Kier alpha value is -1.22. The van der Waals surface area contributed by atoms with Crippen LogP contribution in [0.2, 0.25) is 0 Å². The molecule has 1 aromatic carbocycles. The van der Waals surface area contributed by atoms with Crippen LogP contribution in [0.15, 0.2) is 18.2 Å². The van der Waals surface area contributed by atoms with E-state index in [1.54, 1.807) is 0 Å². The maximum Gasteiger partial charge on any atom is 0.161 e. The van der Waals surface area contributed by atoms with E-state index in [0.717, 1.165) is 30.8 Å². The van der Waals surface area contributed by atoms with Gasteiger partial charge in [0.1, 0.15) is 13.2 Å². The molecule has 3 rings (SSSR count). The van der Waals surface area contributed by atoms with Crippen molar-refractivity contribution in [3.8, 4) is 11.5 Å². The van der Waals surface area contributed by atoms with Crippen LogP contribution >= 0.6 is 0 Å². The Bertz CT molecular complexity index is 416. The van der Waals surface area contributed by atoms with Crippen LogP contribution in [0.3, 0.4) is 0 Å². The molecule has 98 valence electrons. The van der Waals surface area contributed by atoms with Crippen LogP contribution in [0, 0.1) is 5.92 Å². The van der Waals surface area contributed by atoms with Crippen molar-refractivity contribution in [1.29, 1.82) is 0 Å². The quantitative estimate of drug-likeness (QED) is 0.874. The first kappa shape index (κ1) is 11.8. The molecule has 1 fully saturated rings. The highest BCUT2D eigenvalue weighted by Crippen LogP contribution is 2.33. The van der Waals surface area contributed by atoms with Gasteiger partial charge in [0, 0.05) is 0 Å². The summed E-state index contributed by atoms with van der Waals surface area (Å²) in [5.74, 6) is 2.10. The smallest absolute Gasteiger partial charge is 0.161 e. The summed E-state index contributed by atoms with van der Waals surface area (Å²) in [7, 11) is 0. The highest BCUT2D eigenvalue weighted by Gasteiger charge is 2.23. The predicted molar refractivity (Wildman–Crippen MR) is 69.1 cm³/mol. The first-order valence-electron chi connectivity index (χ1n) is 6.89. The molecule has 0 spiro atoms. The summed E-state index contributed by atoms with van der Waals surface area (Å²) in [5, 5.41) is 10.0. The molecule has 18 heavy (non-hydrogen) atoms. The van der Waals surface area contributed by atoms with E-state index in [4.69, 9.17) is 9.47 Å².